The number of rotatable bonds is 6. The highest BCUT2D eigenvalue weighted by atomic mass is 35.5. The molecular weight excluding hydrogens is 376 g/mol. The Kier molecular flexibility index (Phi) is 5.41. The Labute approximate surface area is 178 Å². The minimum Gasteiger partial charge on any atom is -0.308 e. The summed E-state index contributed by atoms with van der Waals surface area (Å²) in [6.07, 6.45) is 1.28. The van der Waals surface area contributed by atoms with E-state index >= 15 is 0 Å². The van der Waals surface area contributed by atoms with E-state index in [9.17, 15) is 0 Å². The van der Waals surface area contributed by atoms with E-state index in [2.05, 4.69) is 83.0 Å². The number of piperidine rings is 1. The van der Waals surface area contributed by atoms with Crippen LogP contribution in [-0.4, -0.2) is 30.1 Å². The number of halogens is 1. The molecule has 2 aliphatic rings. The van der Waals surface area contributed by atoms with Gasteiger partial charge >= 0.3 is 0 Å². The van der Waals surface area contributed by atoms with Crippen molar-refractivity contribution in [1.82, 2.24) is 10.2 Å². The SMILES string of the molecule is Clc1ccccc1CNC1C2CCN(C2)C1C(c1ccccc1)c1ccccc1. The zero-order valence-corrected chi connectivity index (χ0v) is 17.3. The standard InChI is InChI=1S/C26H27ClN2/c27-23-14-8-7-13-21(23)17-28-25-22-15-16-29(18-22)26(25)24(19-9-3-1-4-10-19)20-11-5-2-6-12-20/h1-14,22,24-26,28H,15-18H2. The van der Waals surface area contributed by atoms with Gasteiger partial charge in [-0.15, -0.1) is 0 Å². The van der Waals surface area contributed by atoms with Crippen LogP contribution in [0.1, 0.15) is 29.0 Å². The summed E-state index contributed by atoms with van der Waals surface area (Å²) < 4.78 is 0. The summed E-state index contributed by atoms with van der Waals surface area (Å²) in [7, 11) is 0. The largest absolute Gasteiger partial charge is 0.308 e. The van der Waals surface area contributed by atoms with E-state index in [1.54, 1.807) is 0 Å². The smallest absolute Gasteiger partial charge is 0.0450 e. The Hall–Kier alpha value is -2.13. The van der Waals surface area contributed by atoms with Crippen LogP contribution in [0.3, 0.4) is 0 Å². The lowest BCUT2D eigenvalue weighted by Gasteiger charge is -2.39. The molecule has 0 saturated carbocycles. The summed E-state index contributed by atoms with van der Waals surface area (Å²) in [4.78, 5) is 2.71. The number of hydrogen-bond donors (Lipinski definition) is 1. The van der Waals surface area contributed by atoms with Gasteiger partial charge in [-0.3, -0.25) is 4.90 Å². The molecule has 2 saturated heterocycles. The van der Waals surface area contributed by atoms with Crippen molar-refractivity contribution in [3.8, 4) is 0 Å². The molecule has 2 heterocycles. The fourth-order valence-corrected chi connectivity index (χ4v) is 5.57. The molecule has 2 aliphatic heterocycles. The first kappa shape index (κ1) is 18.9. The molecule has 0 aromatic heterocycles. The van der Waals surface area contributed by atoms with Crippen molar-refractivity contribution >= 4 is 11.6 Å². The lowest BCUT2D eigenvalue weighted by molar-refractivity contribution is 0.197. The average Bonchev–Trinajstić information content (AvgIpc) is 3.37. The zero-order valence-electron chi connectivity index (χ0n) is 16.5. The van der Waals surface area contributed by atoms with Crippen LogP contribution < -0.4 is 5.32 Å². The number of nitrogens with zero attached hydrogens (tertiary/aromatic N) is 1. The number of fused-ring (bicyclic) bond motifs is 2. The molecule has 0 spiro atoms. The predicted octanol–water partition coefficient (Wildman–Crippen LogP) is 5.33. The molecule has 3 heteroatoms. The van der Waals surface area contributed by atoms with Crippen molar-refractivity contribution < 1.29 is 0 Å². The van der Waals surface area contributed by atoms with Gasteiger partial charge in [0.1, 0.15) is 0 Å². The topological polar surface area (TPSA) is 15.3 Å². The minimum absolute atomic E-state index is 0.367. The maximum atomic E-state index is 6.43. The van der Waals surface area contributed by atoms with Gasteiger partial charge in [0.15, 0.2) is 0 Å². The lowest BCUT2D eigenvalue weighted by Crippen LogP contribution is -2.50. The highest BCUT2D eigenvalue weighted by Gasteiger charge is 2.49. The van der Waals surface area contributed by atoms with Gasteiger partial charge in [-0.1, -0.05) is 90.5 Å². The van der Waals surface area contributed by atoms with Crippen molar-refractivity contribution in [3.05, 3.63) is 107 Å². The van der Waals surface area contributed by atoms with E-state index in [4.69, 9.17) is 11.6 Å². The van der Waals surface area contributed by atoms with Crippen molar-refractivity contribution in [2.45, 2.75) is 31.0 Å². The van der Waals surface area contributed by atoms with Crippen molar-refractivity contribution in [1.29, 1.82) is 0 Å². The normalized spacial score (nSPS) is 25.6. The molecular formula is C26H27ClN2. The molecule has 29 heavy (non-hydrogen) atoms. The van der Waals surface area contributed by atoms with Crippen LogP contribution in [0.2, 0.25) is 5.02 Å². The van der Waals surface area contributed by atoms with Gasteiger partial charge in [0.05, 0.1) is 0 Å². The van der Waals surface area contributed by atoms with Crippen LogP contribution in [-0.2, 0) is 6.54 Å². The monoisotopic (exact) mass is 402 g/mol. The Balaban J connectivity index is 1.48. The minimum atomic E-state index is 0.367. The third kappa shape index (κ3) is 3.73. The van der Waals surface area contributed by atoms with Crippen molar-refractivity contribution in [2.24, 2.45) is 5.92 Å². The molecule has 1 N–H and O–H groups in total. The molecule has 0 radical (unpaired) electrons. The second-order valence-corrected chi connectivity index (χ2v) is 8.74. The molecule has 148 valence electrons. The quantitative estimate of drug-likeness (QED) is 0.599. The van der Waals surface area contributed by atoms with Gasteiger partial charge in [0, 0.05) is 36.1 Å². The molecule has 5 rings (SSSR count). The first-order chi connectivity index (χ1) is 14.3. The second kappa shape index (κ2) is 8.31. The summed E-state index contributed by atoms with van der Waals surface area (Å²) in [5, 5.41) is 4.76. The van der Waals surface area contributed by atoms with Gasteiger partial charge in [-0.25, -0.2) is 0 Å². The van der Waals surface area contributed by atoms with Crippen molar-refractivity contribution in [2.75, 3.05) is 13.1 Å². The number of benzene rings is 3. The summed E-state index contributed by atoms with van der Waals surface area (Å²) in [5.41, 5.74) is 3.99. The zero-order chi connectivity index (χ0) is 19.6. The Morgan fingerprint density at radius 3 is 2.14 bits per heavy atom. The molecule has 2 bridgehead atoms. The van der Waals surface area contributed by atoms with Crippen LogP contribution in [0.4, 0.5) is 0 Å². The molecule has 3 aromatic carbocycles. The summed E-state index contributed by atoms with van der Waals surface area (Å²) in [5.74, 6) is 1.07. The molecule has 2 fully saturated rings. The molecule has 0 aliphatic carbocycles. The molecule has 3 aromatic rings. The highest BCUT2D eigenvalue weighted by molar-refractivity contribution is 6.31. The van der Waals surface area contributed by atoms with Crippen LogP contribution >= 0.6 is 11.6 Å². The first-order valence-corrected chi connectivity index (χ1v) is 11.0. The van der Waals surface area contributed by atoms with Crippen molar-refractivity contribution in [3.63, 3.8) is 0 Å². The third-order valence-electron chi connectivity index (χ3n) is 6.70. The van der Waals surface area contributed by atoms with Crippen LogP contribution in [0, 0.1) is 5.92 Å². The first-order valence-electron chi connectivity index (χ1n) is 10.6. The van der Waals surface area contributed by atoms with E-state index in [0.717, 1.165) is 11.6 Å². The molecule has 0 amide bonds. The van der Waals surface area contributed by atoms with Gasteiger partial charge in [-0.05, 0) is 41.6 Å². The van der Waals surface area contributed by atoms with E-state index in [1.165, 1.54) is 36.2 Å². The van der Waals surface area contributed by atoms with Crippen LogP contribution in [0.25, 0.3) is 0 Å². The second-order valence-electron chi connectivity index (χ2n) is 8.33. The third-order valence-corrected chi connectivity index (χ3v) is 7.07. The van der Waals surface area contributed by atoms with Crippen LogP contribution in [0.5, 0.6) is 0 Å². The van der Waals surface area contributed by atoms with Gasteiger partial charge < -0.3 is 5.32 Å². The summed E-state index contributed by atoms with van der Waals surface area (Å²) in [6, 6.07) is 31.1. The fraction of sp³-hybridized carbons (Fsp3) is 0.308. The van der Waals surface area contributed by atoms with Gasteiger partial charge in [-0.2, -0.15) is 0 Å². The maximum Gasteiger partial charge on any atom is 0.0450 e. The Bertz CT molecular complexity index is 904. The number of nitrogens with one attached hydrogen (secondary N) is 1. The van der Waals surface area contributed by atoms with E-state index in [-0.39, 0.29) is 0 Å². The number of hydrogen-bond acceptors (Lipinski definition) is 2. The van der Waals surface area contributed by atoms with E-state index < -0.39 is 0 Å². The summed E-state index contributed by atoms with van der Waals surface area (Å²) >= 11 is 6.43. The highest BCUT2D eigenvalue weighted by Crippen LogP contribution is 2.43. The molecule has 2 nitrogen and oxygen atoms in total. The van der Waals surface area contributed by atoms with Gasteiger partial charge in [0.2, 0.25) is 0 Å². The average molecular weight is 403 g/mol. The van der Waals surface area contributed by atoms with Gasteiger partial charge in [0.25, 0.3) is 0 Å². The predicted molar refractivity (Wildman–Crippen MR) is 120 cm³/mol. The Morgan fingerprint density at radius 2 is 1.48 bits per heavy atom. The lowest BCUT2D eigenvalue weighted by atomic mass is 9.78. The molecule has 4 atom stereocenters. The van der Waals surface area contributed by atoms with Crippen LogP contribution in [0.15, 0.2) is 84.9 Å². The van der Waals surface area contributed by atoms with E-state index in [1.807, 2.05) is 12.1 Å². The van der Waals surface area contributed by atoms with E-state index in [0.29, 0.717) is 23.9 Å². The maximum absolute atomic E-state index is 6.43. The Morgan fingerprint density at radius 1 is 0.862 bits per heavy atom. The fourth-order valence-electron chi connectivity index (χ4n) is 5.37. The summed E-state index contributed by atoms with van der Waals surface area (Å²) in [6.45, 7) is 3.22. The molecule has 4 unspecified atom stereocenters.